The van der Waals surface area contributed by atoms with E-state index < -0.39 is 0 Å². The molecule has 4 aromatic carbocycles. The summed E-state index contributed by atoms with van der Waals surface area (Å²) < 4.78 is 19.4. The number of ether oxygens (including phenoxy) is 3. The second kappa shape index (κ2) is 8.34. The monoisotopic (exact) mass is 486 g/mol. The summed E-state index contributed by atoms with van der Waals surface area (Å²) in [5, 5.41) is 6.86. The fourth-order valence-corrected chi connectivity index (χ4v) is 5.14. The van der Waals surface area contributed by atoms with Crippen LogP contribution in [0.5, 0.6) is 23.1 Å². The number of hydrogen-bond acceptors (Lipinski definition) is 6. The SMILES string of the molecule is COc1ccc([C@H]2c3ccc4ccccc4c3Oc3ncn4nc(-c5ccccc5)nc4c32)cc1OC. The van der Waals surface area contributed by atoms with Crippen LogP contribution in [0.4, 0.5) is 0 Å². The minimum absolute atomic E-state index is 0.216. The van der Waals surface area contributed by atoms with Crippen molar-refractivity contribution < 1.29 is 14.2 Å². The second-order valence-corrected chi connectivity index (χ2v) is 8.89. The van der Waals surface area contributed by atoms with Gasteiger partial charge in [0.05, 0.1) is 19.8 Å². The Kier molecular flexibility index (Phi) is 4.82. The van der Waals surface area contributed by atoms with E-state index in [9.17, 15) is 0 Å². The highest BCUT2D eigenvalue weighted by atomic mass is 16.5. The largest absolute Gasteiger partial charge is 0.493 e. The third kappa shape index (κ3) is 3.31. The van der Waals surface area contributed by atoms with Gasteiger partial charge in [0.15, 0.2) is 23.0 Å². The molecule has 1 aliphatic rings. The summed E-state index contributed by atoms with van der Waals surface area (Å²) in [5.74, 6) is 3.05. The molecule has 0 N–H and O–H groups in total. The van der Waals surface area contributed by atoms with Crippen molar-refractivity contribution in [2.75, 3.05) is 14.2 Å². The second-order valence-electron chi connectivity index (χ2n) is 8.89. The van der Waals surface area contributed by atoms with Gasteiger partial charge in [-0.3, -0.25) is 0 Å². The van der Waals surface area contributed by atoms with E-state index in [1.807, 2.05) is 54.6 Å². The van der Waals surface area contributed by atoms with Crippen LogP contribution >= 0.6 is 0 Å². The van der Waals surface area contributed by atoms with Crippen LogP contribution in [0.15, 0.2) is 91.3 Å². The van der Waals surface area contributed by atoms with Crippen LogP contribution in [0.25, 0.3) is 27.8 Å². The van der Waals surface area contributed by atoms with Crippen molar-refractivity contribution >= 4 is 16.4 Å². The zero-order chi connectivity index (χ0) is 24.9. The van der Waals surface area contributed by atoms with Gasteiger partial charge in [-0.25, -0.2) is 14.5 Å². The Hall–Kier alpha value is -4.91. The molecule has 1 atom stereocenters. The van der Waals surface area contributed by atoms with Gasteiger partial charge in [0.2, 0.25) is 5.88 Å². The first-order valence-electron chi connectivity index (χ1n) is 12.0. The lowest BCUT2D eigenvalue weighted by molar-refractivity contribution is 0.354. The zero-order valence-corrected chi connectivity index (χ0v) is 20.3. The van der Waals surface area contributed by atoms with Crippen molar-refractivity contribution in [1.82, 2.24) is 19.6 Å². The number of fused-ring (bicyclic) bond motifs is 6. The van der Waals surface area contributed by atoms with Crippen LogP contribution in [0.2, 0.25) is 0 Å². The molecule has 6 aromatic rings. The predicted molar refractivity (Wildman–Crippen MR) is 141 cm³/mol. The molecular weight excluding hydrogens is 464 g/mol. The quantitative estimate of drug-likeness (QED) is 0.293. The standard InChI is InChI=1S/C30H22N4O3/c1-35-23-15-13-20(16-24(23)36-2)25-22-14-12-18-8-6-7-11-21(18)27(22)37-30-26(25)29-32-28(33-34(29)17-31-30)19-9-4-3-5-10-19/h3-17,25H,1-2H3/t25-/m0/s1. The molecule has 0 aliphatic carbocycles. The number of nitrogens with zero attached hydrogens (tertiary/aromatic N) is 4. The average Bonchev–Trinajstić information content (AvgIpc) is 3.41. The van der Waals surface area contributed by atoms with Crippen molar-refractivity contribution in [2.24, 2.45) is 0 Å². The van der Waals surface area contributed by atoms with Crippen LogP contribution < -0.4 is 14.2 Å². The Morgan fingerprint density at radius 2 is 1.65 bits per heavy atom. The van der Waals surface area contributed by atoms with Gasteiger partial charge in [0.1, 0.15) is 12.1 Å². The molecule has 0 fully saturated rings. The van der Waals surface area contributed by atoms with Crippen LogP contribution in [-0.2, 0) is 0 Å². The summed E-state index contributed by atoms with van der Waals surface area (Å²) in [6.07, 6.45) is 1.66. The number of benzene rings is 4. The molecule has 2 aromatic heterocycles. The Labute approximate surface area is 212 Å². The van der Waals surface area contributed by atoms with Gasteiger partial charge in [-0.2, -0.15) is 0 Å². The van der Waals surface area contributed by atoms with Gasteiger partial charge >= 0.3 is 0 Å². The highest BCUT2D eigenvalue weighted by Crippen LogP contribution is 2.51. The molecule has 7 nitrogen and oxygen atoms in total. The fraction of sp³-hybridized carbons (Fsp3) is 0.100. The Balaban J connectivity index is 1.52. The third-order valence-electron chi connectivity index (χ3n) is 6.87. The van der Waals surface area contributed by atoms with Crippen molar-refractivity contribution in [1.29, 1.82) is 0 Å². The maximum absolute atomic E-state index is 6.52. The molecule has 7 heteroatoms. The molecule has 3 heterocycles. The van der Waals surface area contributed by atoms with Gasteiger partial charge in [-0.15, -0.1) is 5.10 Å². The van der Waals surface area contributed by atoms with E-state index >= 15 is 0 Å². The summed E-state index contributed by atoms with van der Waals surface area (Å²) in [6.45, 7) is 0. The topological polar surface area (TPSA) is 70.8 Å². The molecule has 0 saturated carbocycles. The van der Waals surface area contributed by atoms with Crippen molar-refractivity contribution in [3.05, 3.63) is 108 Å². The molecule has 0 spiro atoms. The minimum atomic E-state index is -0.216. The predicted octanol–water partition coefficient (Wildman–Crippen LogP) is 6.25. The van der Waals surface area contributed by atoms with Gasteiger partial charge < -0.3 is 14.2 Å². The molecule has 180 valence electrons. The number of methoxy groups -OCH3 is 2. The van der Waals surface area contributed by atoms with Crippen LogP contribution in [0, 0.1) is 0 Å². The number of aromatic nitrogens is 4. The van der Waals surface area contributed by atoms with Crippen molar-refractivity contribution in [2.45, 2.75) is 5.92 Å². The zero-order valence-electron chi connectivity index (χ0n) is 20.3. The molecule has 7 rings (SSSR count). The van der Waals surface area contributed by atoms with E-state index in [4.69, 9.17) is 29.3 Å². The molecule has 0 bridgehead atoms. The summed E-state index contributed by atoms with van der Waals surface area (Å²) >= 11 is 0. The van der Waals surface area contributed by atoms with Gasteiger partial charge in [0, 0.05) is 22.4 Å². The summed E-state index contributed by atoms with van der Waals surface area (Å²) in [6, 6.07) is 28.4. The van der Waals surface area contributed by atoms with E-state index in [1.54, 1.807) is 25.1 Å². The molecular formula is C30H22N4O3. The first kappa shape index (κ1) is 21.4. The van der Waals surface area contributed by atoms with E-state index in [1.165, 1.54) is 0 Å². The summed E-state index contributed by atoms with van der Waals surface area (Å²) in [4.78, 5) is 9.65. The smallest absolute Gasteiger partial charge is 0.228 e. The molecule has 1 aliphatic heterocycles. The fourth-order valence-electron chi connectivity index (χ4n) is 5.14. The number of rotatable bonds is 4. The summed E-state index contributed by atoms with van der Waals surface area (Å²) in [7, 11) is 3.28. The van der Waals surface area contributed by atoms with E-state index in [0.717, 1.165) is 38.8 Å². The summed E-state index contributed by atoms with van der Waals surface area (Å²) in [5.41, 5.74) is 4.52. The van der Waals surface area contributed by atoms with Crippen LogP contribution in [0.1, 0.15) is 22.6 Å². The maximum atomic E-state index is 6.52. The number of hydrogen-bond donors (Lipinski definition) is 0. The first-order chi connectivity index (χ1) is 18.2. The molecule has 0 saturated heterocycles. The lowest BCUT2D eigenvalue weighted by Gasteiger charge is -2.29. The Morgan fingerprint density at radius 3 is 2.49 bits per heavy atom. The minimum Gasteiger partial charge on any atom is -0.493 e. The molecule has 0 amide bonds. The normalized spacial score (nSPS) is 14.2. The first-order valence-corrected chi connectivity index (χ1v) is 12.0. The van der Waals surface area contributed by atoms with Gasteiger partial charge in [-0.05, 0) is 23.1 Å². The molecule has 0 radical (unpaired) electrons. The highest BCUT2D eigenvalue weighted by molar-refractivity contribution is 5.91. The van der Waals surface area contributed by atoms with Crippen LogP contribution in [-0.4, -0.2) is 33.8 Å². The maximum Gasteiger partial charge on any atom is 0.228 e. The average molecular weight is 487 g/mol. The van der Waals surface area contributed by atoms with E-state index in [0.29, 0.717) is 28.9 Å². The van der Waals surface area contributed by atoms with E-state index in [2.05, 4.69) is 30.3 Å². The lowest BCUT2D eigenvalue weighted by Crippen LogP contribution is -2.15. The third-order valence-corrected chi connectivity index (χ3v) is 6.87. The molecule has 0 unspecified atom stereocenters. The molecule has 37 heavy (non-hydrogen) atoms. The van der Waals surface area contributed by atoms with Crippen molar-refractivity contribution in [3.63, 3.8) is 0 Å². The van der Waals surface area contributed by atoms with Crippen molar-refractivity contribution in [3.8, 4) is 34.5 Å². The van der Waals surface area contributed by atoms with Gasteiger partial charge in [-0.1, -0.05) is 72.8 Å². The van der Waals surface area contributed by atoms with Crippen LogP contribution in [0.3, 0.4) is 0 Å². The van der Waals surface area contributed by atoms with Gasteiger partial charge in [0.25, 0.3) is 0 Å². The van der Waals surface area contributed by atoms with E-state index in [-0.39, 0.29) is 5.92 Å². The Bertz CT molecular complexity index is 1800. The Morgan fingerprint density at radius 1 is 0.838 bits per heavy atom. The highest BCUT2D eigenvalue weighted by Gasteiger charge is 2.34. The lowest BCUT2D eigenvalue weighted by atomic mass is 9.82.